The molecule has 1 N–H and O–H groups in total. The van der Waals surface area contributed by atoms with Crippen LogP contribution in [0.4, 0.5) is 5.69 Å². The van der Waals surface area contributed by atoms with Crippen LogP contribution in [0.1, 0.15) is 23.6 Å². The Morgan fingerprint density at radius 3 is 2.30 bits per heavy atom. The van der Waals surface area contributed by atoms with E-state index in [1.807, 2.05) is 32.9 Å². The molecule has 0 aliphatic heterocycles. The standard InChI is InChI=1S/C20H21Cl2NO4/c1-11-7-12(2)19(13(3)8-11)23-18(24)10-26-20(25)14(4)27-17-6-5-15(21)9-16(17)22/h5-9,14H,10H2,1-4H3,(H,23,24)/t14-/m1/s1. The van der Waals surface area contributed by atoms with Crippen LogP contribution >= 0.6 is 23.2 Å². The zero-order chi connectivity index (χ0) is 20.1. The van der Waals surface area contributed by atoms with Crippen molar-refractivity contribution < 1.29 is 19.1 Å². The molecule has 5 nitrogen and oxygen atoms in total. The highest BCUT2D eigenvalue weighted by molar-refractivity contribution is 6.35. The van der Waals surface area contributed by atoms with Crippen molar-refractivity contribution in [3.63, 3.8) is 0 Å². The lowest BCUT2D eigenvalue weighted by molar-refractivity contribution is -0.153. The van der Waals surface area contributed by atoms with E-state index in [-0.39, 0.29) is 5.02 Å². The lowest BCUT2D eigenvalue weighted by Gasteiger charge is -2.16. The van der Waals surface area contributed by atoms with E-state index in [0.717, 1.165) is 22.4 Å². The summed E-state index contributed by atoms with van der Waals surface area (Å²) >= 11 is 11.8. The van der Waals surface area contributed by atoms with Gasteiger partial charge in [0.25, 0.3) is 5.91 Å². The maximum Gasteiger partial charge on any atom is 0.347 e. The number of ether oxygens (including phenoxy) is 2. The molecule has 0 aliphatic carbocycles. The molecule has 1 amide bonds. The third kappa shape index (κ3) is 5.88. The number of hydrogen-bond acceptors (Lipinski definition) is 4. The summed E-state index contributed by atoms with van der Waals surface area (Å²) in [5.41, 5.74) is 3.72. The first kappa shape index (κ1) is 21.1. The van der Waals surface area contributed by atoms with E-state index in [9.17, 15) is 9.59 Å². The Morgan fingerprint density at radius 2 is 1.70 bits per heavy atom. The van der Waals surface area contributed by atoms with Crippen LogP contribution in [0.25, 0.3) is 0 Å². The van der Waals surface area contributed by atoms with Crippen LogP contribution in [0.3, 0.4) is 0 Å². The van der Waals surface area contributed by atoms with Gasteiger partial charge in [0.1, 0.15) is 5.75 Å². The first-order chi connectivity index (χ1) is 12.7. The minimum atomic E-state index is -0.931. The first-order valence-electron chi connectivity index (χ1n) is 8.33. The topological polar surface area (TPSA) is 64.6 Å². The molecule has 2 aromatic carbocycles. The summed E-state index contributed by atoms with van der Waals surface area (Å²) in [6, 6.07) is 8.61. The van der Waals surface area contributed by atoms with Gasteiger partial charge in [-0.15, -0.1) is 0 Å². The largest absolute Gasteiger partial charge is 0.477 e. The Morgan fingerprint density at radius 1 is 1.07 bits per heavy atom. The molecular formula is C20H21Cl2NO4. The molecule has 1 atom stereocenters. The minimum Gasteiger partial charge on any atom is -0.477 e. The van der Waals surface area contributed by atoms with Gasteiger partial charge in [0, 0.05) is 10.7 Å². The van der Waals surface area contributed by atoms with Crippen molar-refractivity contribution in [1.29, 1.82) is 0 Å². The van der Waals surface area contributed by atoms with Crippen molar-refractivity contribution in [1.82, 2.24) is 0 Å². The number of rotatable bonds is 6. The average molecular weight is 410 g/mol. The Hall–Kier alpha value is -2.24. The van der Waals surface area contributed by atoms with Gasteiger partial charge >= 0.3 is 5.97 Å². The highest BCUT2D eigenvalue weighted by atomic mass is 35.5. The number of hydrogen-bond donors (Lipinski definition) is 1. The van der Waals surface area contributed by atoms with Crippen LogP contribution < -0.4 is 10.1 Å². The molecule has 0 aromatic heterocycles. The number of amides is 1. The fourth-order valence-electron chi connectivity index (χ4n) is 2.62. The van der Waals surface area contributed by atoms with Gasteiger partial charge in [-0.2, -0.15) is 0 Å². The smallest absolute Gasteiger partial charge is 0.347 e. The number of carbonyl (C=O) groups excluding carboxylic acids is 2. The Kier molecular flexibility index (Phi) is 7.11. The van der Waals surface area contributed by atoms with Crippen molar-refractivity contribution in [3.8, 4) is 5.75 Å². The van der Waals surface area contributed by atoms with E-state index in [4.69, 9.17) is 32.7 Å². The second-order valence-electron chi connectivity index (χ2n) is 6.26. The molecule has 27 heavy (non-hydrogen) atoms. The summed E-state index contributed by atoms with van der Waals surface area (Å²) in [5.74, 6) is -0.787. The second-order valence-corrected chi connectivity index (χ2v) is 7.11. The van der Waals surface area contributed by atoms with Crippen LogP contribution in [-0.4, -0.2) is 24.6 Å². The molecule has 0 radical (unpaired) electrons. The van der Waals surface area contributed by atoms with E-state index in [1.165, 1.54) is 13.0 Å². The summed E-state index contributed by atoms with van der Waals surface area (Å²) in [6.45, 7) is 6.91. The highest BCUT2D eigenvalue weighted by Crippen LogP contribution is 2.28. The third-order valence-corrected chi connectivity index (χ3v) is 4.35. The van der Waals surface area contributed by atoms with Crippen molar-refractivity contribution in [2.75, 3.05) is 11.9 Å². The van der Waals surface area contributed by atoms with Crippen molar-refractivity contribution >= 4 is 40.8 Å². The van der Waals surface area contributed by atoms with Crippen LogP contribution in [-0.2, 0) is 14.3 Å². The summed E-state index contributed by atoms with van der Waals surface area (Å²) in [6.07, 6.45) is -0.931. The van der Waals surface area contributed by atoms with Gasteiger partial charge in [-0.25, -0.2) is 4.79 Å². The first-order valence-corrected chi connectivity index (χ1v) is 9.09. The second kappa shape index (κ2) is 9.11. The quantitative estimate of drug-likeness (QED) is 0.691. The molecule has 7 heteroatoms. The number of benzene rings is 2. The normalized spacial score (nSPS) is 11.6. The molecular weight excluding hydrogens is 389 g/mol. The Balaban J connectivity index is 1.90. The van der Waals surface area contributed by atoms with Gasteiger partial charge in [0.15, 0.2) is 12.7 Å². The minimum absolute atomic E-state index is 0.283. The van der Waals surface area contributed by atoms with Crippen LogP contribution in [0.15, 0.2) is 30.3 Å². The highest BCUT2D eigenvalue weighted by Gasteiger charge is 2.19. The molecule has 0 bridgehead atoms. The summed E-state index contributed by atoms with van der Waals surface area (Å²) in [7, 11) is 0. The van der Waals surface area contributed by atoms with Gasteiger partial charge in [0.05, 0.1) is 5.02 Å². The van der Waals surface area contributed by atoms with Crippen LogP contribution in [0.2, 0.25) is 10.0 Å². The van der Waals surface area contributed by atoms with Crippen molar-refractivity contribution in [3.05, 3.63) is 57.1 Å². The van der Waals surface area contributed by atoms with Gasteiger partial charge in [0.2, 0.25) is 0 Å². The third-order valence-electron chi connectivity index (χ3n) is 3.82. The summed E-state index contributed by atoms with van der Waals surface area (Å²) in [5, 5.41) is 3.51. The molecule has 0 fully saturated rings. The number of aryl methyl sites for hydroxylation is 3. The zero-order valence-corrected chi connectivity index (χ0v) is 17.1. The number of esters is 1. The van der Waals surface area contributed by atoms with Gasteiger partial charge in [-0.1, -0.05) is 40.9 Å². The van der Waals surface area contributed by atoms with Crippen LogP contribution in [0, 0.1) is 20.8 Å². The van der Waals surface area contributed by atoms with E-state index >= 15 is 0 Å². The molecule has 0 heterocycles. The lowest BCUT2D eigenvalue weighted by Crippen LogP contribution is -2.30. The summed E-state index contributed by atoms with van der Waals surface area (Å²) < 4.78 is 10.5. The van der Waals surface area contributed by atoms with E-state index in [1.54, 1.807) is 12.1 Å². The number of nitrogens with one attached hydrogen (secondary N) is 1. The zero-order valence-electron chi connectivity index (χ0n) is 15.6. The Bertz CT molecular complexity index is 844. The SMILES string of the molecule is Cc1cc(C)c(NC(=O)COC(=O)[C@@H](C)Oc2ccc(Cl)cc2Cl)c(C)c1. The molecule has 0 unspecified atom stereocenters. The van der Waals surface area contributed by atoms with Crippen LogP contribution in [0.5, 0.6) is 5.75 Å². The molecule has 0 saturated heterocycles. The predicted molar refractivity (Wildman–Crippen MR) is 107 cm³/mol. The molecule has 0 saturated carbocycles. The average Bonchev–Trinajstić information content (AvgIpc) is 2.58. The molecule has 2 aromatic rings. The molecule has 0 aliphatic rings. The fourth-order valence-corrected chi connectivity index (χ4v) is 3.07. The summed E-state index contributed by atoms with van der Waals surface area (Å²) in [4.78, 5) is 24.2. The molecule has 2 rings (SSSR count). The number of halogens is 2. The van der Waals surface area contributed by atoms with E-state index in [2.05, 4.69) is 5.32 Å². The van der Waals surface area contributed by atoms with Crippen molar-refractivity contribution in [2.45, 2.75) is 33.8 Å². The fraction of sp³-hybridized carbons (Fsp3) is 0.300. The number of carbonyl (C=O) groups is 2. The molecule has 144 valence electrons. The Labute approximate surface area is 168 Å². The molecule has 0 spiro atoms. The monoisotopic (exact) mass is 409 g/mol. The van der Waals surface area contributed by atoms with Gasteiger partial charge in [-0.3, -0.25) is 4.79 Å². The lowest BCUT2D eigenvalue weighted by atomic mass is 10.1. The van der Waals surface area contributed by atoms with Gasteiger partial charge in [-0.05, 0) is 57.0 Å². The maximum atomic E-state index is 12.1. The predicted octanol–water partition coefficient (Wildman–Crippen LogP) is 4.87. The number of anilines is 1. The van der Waals surface area contributed by atoms with Crippen molar-refractivity contribution in [2.24, 2.45) is 0 Å². The maximum absolute atomic E-state index is 12.1. The van der Waals surface area contributed by atoms with E-state index < -0.39 is 24.6 Å². The van der Waals surface area contributed by atoms with Gasteiger partial charge < -0.3 is 14.8 Å². The van der Waals surface area contributed by atoms with E-state index in [0.29, 0.717) is 10.8 Å².